The molecule has 4 aromatic rings. The van der Waals surface area contributed by atoms with E-state index >= 15 is 0 Å². The van der Waals surface area contributed by atoms with Gasteiger partial charge in [-0.15, -0.1) is 0 Å². The van der Waals surface area contributed by atoms with E-state index in [-0.39, 0.29) is 11.8 Å². The van der Waals surface area contributed by atoms with Crippen LogP contribution in [0.5, 0.6) is 0 Å². The lowest BCUT2D eigenvalue weighted by atomic mass is 10.2. The van der Waals surface area contributed by atoms with Gasteiger partial charge in [-0.2, -0.15) is 0 Å². The molecule has 0 radical (unpaired) electrons. The Balaban J connectivity index is 1.50. The SMILES string of the molecule is CC(=O)Nc1nc2ccc(NC(=O)c3cccnc3SCc3cc(C)on3)cc2s1. The van der Waals surface area contributed by atoms with E-state index < -0.39 is 0 Å². The van der Waals surface area contributed by atoms with Crippen molar-refractivity contribution in [2.24, 2.45) is 0 Å². The fourth-order valence-electron chi connectivity index (χ4n) is 2.71. The molecule has 0 aliphatic rings. The molecular formula is C20H17N5O3S2. The van der Waals surface area contributed by atoms with Crippen LogP contribution in [0.25, 0.3) is 10.2 Å². The van der Waals surface area contributed by atoms with Crippen LogP contribution in [-0.4, -0.2) is 26.9 Å². The Morgan fingerprint density at radius 3 is 2.83 bits per heavy atom. The summed E-state index contributed by atoms with van der Waals surface area (Å²) in [4.78, 5) is 32.8. The second-order valence-electron chi connectivity index (χ2n) is 6.41. The first-order valence-electron chi connectivity index (χ1n) is 8.97. The van der Waals surface area contributed by atoms with E-state index in [0.717, 1.165) is 21.7 Å². The number of thioether (sulfide) groups is 1. The normalized spacial score (nSPS) is 10.9. The molecule has 8 nitrogen and oxygen atoms in total. The number of carbonyl (C=O) groups is 2. The fraction of sp³-hybridized carbons (Fsp3) is 0.150. The fourth-order valence-corrected chi connectivity index (χ4v) is 4.54. The average molecular weight is 440 g/mol. The van der Waals surface area contributed by atoms with Gasteiger partial charge >= 0.3 is 0 Å². The summed E-state index contributed by atoms with van der Waals surface area (Å²) in [5, 5.41) is 10.7. The van der Waals surface area contributed by atoms with Crippen molar-refractivity contribution in [3.05, 3.63) is 59.6 Å². The molecule has 3 aromatic heterocycles. The largest absolute Gasteiger partial charge is 0.361 e. The number of thiazole rings is 1. The van der Waals surface area contributed by atoms with Crippen LogP contribution in [0.2, 0.25) is 0 Å². The molecule has 3 heterocycles. The van der Waals surface area contributed by atoms with Crippen molar-refractivity contribution in [1.29, 1.82) is 0 Å². The number of hydrogen-bond donors (Lipinski definition) is 2. The summed E-state index contributed by atoms with van der Waals surface area (Å²) in [6.07, 6.45) is 1.65. The molecule has 0 saturated heterocycles. The Labute approximate surface area is 180 Å². The first-order valence-corrected chi connectivity index (χ1v) is 10.8. The van der Waals surface area contributed by atoms with Crippen LogP contribution in [-0.2, 0) is 10.5 Å². The molecule has 0 saturated carbocycles. The van der Waals surface area contributed by atoms with E-state index in [0.29, 0.717) is 27.2 Å². The van der Waals surface area contributed by atoms with Crippen molar-refractivity contribution in [1.82, 2.24) is 15.1 Å². The highest BCUT2D eigenvalue weighted by Crippen LogP contribution is 2.29. The standard InChI is InChI=1S/C20H17N5O3S2/c1-11-8-14(25-28-11)10-29-19-15(4-3-7-21-19)18(27)23-13-5-6-16-17(9-13)30-20(24-16)22-12(2)26/h3-9H,10H2,1-2H3,(H,23,27)(H,22,24,26). The maximum Gasteiger partial charge on any atom is 0.258 e. The Morgan fingerprint density at radius 2 is 2.07 bits per heavy atom. The molecule has 0 spiro atoms. The molecule has 0 atom stereocenters. The number of benzene rings is 1. The van der Waals surface area contributed by atoms with Gasteiger partial charge in [-0.1, -0.05) is 28.3 Å². The lowest BCUT2D eigenvalue weighted by Gasteiger charge is -2.08. The van der Waals surface area contributed by atoms with Crippen LogP contribution in [0.1, 0.15) is 28.7 Å². The van der Waals surface area contributed by atoms with Crippen LogP contribution in [0.3, 0.4) is 0 Å². The molecule has 10 heteroatoms. The molecule has 2 N–H and O–H groups in total. The van der Waals surface area contributed by atoms with Gasteiger partial charge in [0.2, 0.25) is 5.91 Å². The Morgan fingerprint density at radius 1 is 1.20 bits per heavy atom. The number of anilines is 2. The molecule has 0 unspecified atom stereocenters. The second-order valence-corrected chi connectivity index (χ2v) is 8.41. The van der Waals surface area contributed by atoms with Crippen molar-refractivity contribution >= 4 is 55.9 Å². The van der Waals surface area contributed by atoms with Crippen molar-refractivity contribution < 1.29 is 14.1 Å². The molecule has 0 aliphatic heterocycles. The van der Waals surface area contributed by atoms with Gasteiger partial charge in [-0.25, -0.2) is 9.97 Å². The van der Waals surface area contributed by atoms with Crippen LogP contribution in [0, 0.1) is 6.92 Å². The molecule has 0 aliphatic carbocycles. The van der Waals surface area contributed by atoms with Gasteiger partial charge in [-0.05, 0) is 37.3 Å². The molecule has 152 valence electrons. The van der Waals surface area contributed by atoms with Gasteiger partial charge in [0.25, 0.3) is 5.91 Å². The molecule has 0 bridgehead atoms. The number of aryl methyl sites for hydroxylation is 1. The Bertz CT molecular complexity index is 1230. The maximum absolute atomic E-state index is 12.9. The molecule has 2 amide bonds. The van der Waals surface area contributed by atoms with Crippen LogP contribution < -0.4 is 10.6 Å². The Hall–Kier alpha value is -3.24. The van der Waals surface area contributed by atoms with Gasteiger partial charge in [0, 0.05) is 30.6 Å². The average Bonchev–Trinajstić information content (AvgIpc) is 3.30. The lowest BCUT2D eigenvalue weighted by Crippen LogP contribution is -2.13. The minimum atomic E-state index is -0.257. The number of fused-ring (bicyclic) bond motifs is 1. The topological polar surface area (TPSA) is 110 Å². The first kappa shape index (κ1) is 20.0. The zero-order valence-electron chi connectivity index (χ0n) is 16.1. The van der Waals surface area contributed by atoms with E-state index in [2.05, 4.69) is 25.8 Å². The van der Waals surface area contributed by atoms with Crippen LogP contribution in [0.4, 0.5) is 10.8 Å². The molecule has 30 heavy (non-hydrogen) atoms. The third kappa shape index (κ3) is 4.66. The third-order valence-corrected chi connectivity index (χ3v) is 5.95. The van der Waals surface area contributed by atoms with Crippen molar-refractivity contribution in [3.8, 4) is 0 Å². The van der Waals surface area contributed by atoms with E-state index in [9.17, 15) is 9.59 Å². The number of nitrogens with one attached hydrogen (secondary N) is 2. The summed E-state index contributed by atoms with van der Waals surface area (Å²) >= 11 is 2.77. The number of hydrogen-bond acceptors (Lipinski definition) is 8. The summed E-state index contributed by atoms with van der Waals surface area (Å²) in [6, 6.07) is 10.7. The number of carbonyl (C=O) groups excluding carboxylic acids is 2. The molecular weight excluding hydrogens is 422 g/mol. The van der Waals surface area contributed by atoms with Crippen LogP contribution >= 0.6 is 23.1 Å². The zero-order chi connectivity index (χ0) is 21.1. The number of rotatable bonds is 6. The highest BCUT2D eigenvalue weighted by atomic mass is 32.2. The van der Waals surface area contributed by atoms with Crippen molar-refractivity contribution in [2.45, 2.75) is 24.6 Å². The van der Waals surface area contributed by atoms with Gasteiger partial charge in [0.1, 0.15) is 10.8 Å². The maximum atomic E-state index is 12.9. The van der Waals surface area contributed by atoms with E-state index in [1.165, 1.54) is 30.0 Å². The van der Waals surface area contributed by atoms with Crippen LogP contribution in [0.15, 0.2) is 52.1 Å². The molecule has 1 aromatic carbocycles. The highest BCUT2D eigenvalue weighted by molar-refractivity contribution is 7.98. The summed E-state index contributed by atoms with van der Waals surface area (Å²) in [6.45, 7) is 3.27. The van der Waals surface area contributed by atoms with Gasteiger partial charge in [0.05, 0.1) is 21.5 Å². The van der Waals surface area contributed by atoms with E-state index in [1.807, 2.05) is 19.1 Å². The molecule has 4 rings (SSSR count). The lowest BCUT2D eigenvalue weighted by molar-refractivity contribution is -0.114. The zero-order valence-corrected chi connectivity index (χ0v) is 17.8. The quantitative estimate of drug-likeness (QED) is 0.426. The third-order valence-electron chi connectivity index (χ3n) is 3.98. The summed E-state index contributed by atoms with van der Waals surface area (Å²) in [5.41, 5.74) is 2.66. The van der Waals surface area contributed by atoms with Crippen molar-refractivity contribution in [3.63, 3.8) is 0 Å². The smallest absolute Gasteiger partial charge is 0.258 e. The monoisotopic (exact) mass is 439 g/mol. The summed E-state index contributed by atoms with van der Waals surface area (Å²) in [5.74, 6) is 0.857. The molecule has 0 fully saturated rings. The first-order chi connectivity index (χ1) is 14.5. The summed E-state index contributed by atoms with van der Waals surface area (Å²) < 4.78 is 5.94. The number of pyridine rings is 1. The summed E-state index contributed by atoms with van der Waals surface area (Å²) in [7, 11) is 0. The van der Waals surface area contributed by atoms with E-state index in [4.69, 9.17) is 4.52 Å². The number of aromatic nitrogens is 3. The second kappa shape index (κ2) is 8.64. The van der Waals surface area contributed by atoms with Crippen molar-refractivity contribution in [2.75, 3.05) is 10.6 Å². The minimum Gasteiger partial charge on any atom is -0.361 e. The predicted octanol–water partition coefficient (Wildman–Crippen LogP) is 4.49. The number of nitrogens with zero attached hydrogens (tertiary/aromatic N) is 3. The predicted molar refractivity (Wildman–Crippen MR) is 117 cm³/mol. The minimum absolute atomic E-state index is 0.176. The number of amides is 2. The van der Waals surface area contributed by atoms with E-state index in [1.54, 1.807) is 30.5 Å². The van der Waals surface area contributed by atoms with Gasteiger partial charge in [0.15, 0.2) is 5.13 Å². The van der Waals surface area contributed by atoms with Gasteiger partial charge < -0.3 is 15.2 Å². The van der Waals surface area contributed by atoms with Gasteiger partial charge in [-0.3, -0.25) is 9.59 Å². The highest BCUT2D eigenvalue weighted by Gasteiger charge is 2.15. The Kier molecular flexibility index (Phi) is 5.77.